The van der Waals surface area contributed by atoms with E-state index >= 15 is 0 Å². The van der Waals surface area contributed by atoms with E-state index in [1.807, 2.05) is 0 Å². The first-order chi connectivity index (χ1) is 11.4. The van der Waals surface area contributed by atoms with E-state index in [1.54, 1.807) is 20.8 Å². The largest absolute Gasteiger partial charge is 0.478 e. The number of carboxylic acids is 1. The van der Waals surface area contributed by atoms with Gasteiger partial charge in [-0.25, -0.2) is 19.2 Å². The number of aliphatic carboxylic acids is 1. The van der Waals surface area contributed by atoms with Gasteiger partial charge in [-0.1, -0.05) is 6.58 Å². The van der Waals surface area contributed by atoms with Crippen LogP contribution in [0.15, 0.2) is 27.6 Å². The van der Waals surface area contributed by atoms with Crippen molar-refractivity contribution >= 4 is 24.2 Å². The van der Waals surface area contributed by atoms with Crippen LogP contribution in [0.2, 0.25) is 0 Å². The van der Waals surface area contributed by atoms with Gasteiger partial charge in [0, 0.05) is 21.0 Å². The third-order valence-electron chi connectivity index (χ3n) is 1.06. The minimum atomic E-state index is -0.935. The Hall–Kier alpha value is -3.25. The minimum absolute atomic E-state index is 0.176. The summed E-state index contributed by atoms with van der Waals surface area (Å²) in [7, 11) is 0. The van der Waals surface area contributed by atoms with Gasteiger partial charge in [-0.2, -0.15) is 0 Å². The molecule has 0 heterocycles. The normalized spacial score (nSPS) is 6.50. The van der Waals surface area contributed by atoms with Gasteiger partial charge in [0.2, 0.25) is 0 Å². The van der Waals surface area contributed by atoms with E-state index in [4.69, 9.17) is 19.5 Å². The van der Waals surface area contributed by atoms with Gasteiger partial charge < -0.3 is 19.6 Å². The zero-order valence-electron chi connectivity index (χ0n) is 14.0. The number of carbonyl (C=O) groups is 1. The summed E-state index contributed by atoms with van der Waals surface area (Å²) in [5.41, 5.74) is 0.176. The Kier molecular flexibility index (Phi) is 38.4. The van der Waals surface area contributed by atoms with Crippen LogP contribution in [0.1, 0.15) is 27.7 Å². The van der Waals surface area contributed by atoms with Crippen LogP contribution < -0.4 is 0 Å². The molecule has 0 radical (unpaired) electrons. The molecule has 136 valence electrons. The van der Waals surface area contributed by atoms with Crippen LogP contribution in [0, 0.1) is 0 Å². The second-order valence-corrected chi connectivity index (χ2v) is 2.89. The first-order valence-corrected chi connectivity index (χ1v) is 6.35. The van der Waals surface area contributed by atoms with Crippen LogP contribution in [0.5, 0.6) is 0 Å². The van der Waals surface area contributed by atoms with Crippen molar-refractivity contribution < 1.29 is 38.8 Å². The van der Waals surface area contributed by atoms with E-state index in [1.165, 1.54) is 25.2 Å². The molecule has 0 aliphatic rings. The third kappa shape index (κ3) is 62.1. The fraction of sp³-hybridized carbons (Fsp3) is 0.538. The Balaban J connectivity index is -0.000000111. The van der Waals surface area contributed by atoms with Gasteiger partial charge in [-0.15, -0.1) is 0 Å². The molecule has 0 saturated carbocycles. The van der Waals surface area contributed by atoms with Crippen LogP contribution in [-0.4, -0.2) is 49.1 Å². The van der Waals surface area contributed by atoms with Gasteiger partial charge >= 0.3 is 5.97 Å². The Morgan fingerprint density at radius 3 is 1.12 bits per heavy atom. The lowest BCUT2D eigenvalue weighted by Gasteiger charge is -1.79. The number of rotatable bonds is 7. The Bertz CT molecular complexity index is 389. The smallest absolute Gasteiger partial charge is 0.330 e. The standard InChI is InChI=1S/C4H6O2.3C3H5NO2/c1-3(2)4(5)6;3*1-2-6-4-3-5/h1H2,2H3,(H,5,6);3*2H2,1H3. The van der Waals surface area contributed by atoms with Gasteiger partial charge in [0.1, 0.15) is 19.8 Å². The first kappa shape index (κ1) is 28.8. The summed E-state index contributed by atoms with van der Waals surface area (Å²) in [6.45, 7) is 11.1. The van der Waals surface area contributed by atoms with Crippen molar-refractivity contribution in [3.63, 3.8) is 0 Å². The molecule has 0 aromatic rings. The molecule has 0 unspecified atom stereocenters. The SMILES string of the molecule is C=C(C)C(=O)O.CCON=C=O.CCON=C=O.CCON=C=O. The summed E-state index contributed by atoms with van der Waals surface area (Å²) in [6.07, 6.45) is 3.66. The molecule has 0 aromatic carbocycles. The lowest BCUT2D eigenvalue weighted by Crippen LogP contribution is -1.92. The maximum atomic E-state index is 9.60. The fourth-order valence-electron chi connectivity index (χ4n) is 0.273. The van der Waals surface area contributed by atoms with Crippen LogP contribution in [0.25, 0.3) is 0 Å². The molecule has 0 aliphatic carbocycles. The van der Waals surface area contributed by atoms with E-state index in [-0.39, 0.29) is 5.57 Å². The molecule has 24 heavy (non-hydrogen) atoms. The highest BCUT2D eigenvalue weighted by atomic mass is 16.6. The van der Waals surface area contributed by atoms with Crippen molar-refractivity contribution in [2.75, 3.05) is 19.8 Å². The molecule has 0 aliphatic heterocycles. The van der Waals surface area contributed by atoms with Crippen LogP contribution in [-0.2, 0) is 33.7 Å². The van der Waals surface area contributed by atoms with Gasteiger partial charge in [0.05, 0.1) is 0 Å². The average Bonchev–Trinajstić information content (AvgIpc) is 2.57. The second-order valence-electron chi connectivity index (χ2n) is 2.89. The number of hydrogen-bond donors (Lipinski definition) is 1. The summed E-state index contributed by atoms with van der Waals surface area (Å²) in [5, 5.41) is 16.2. The molecule has 0 rings (SSSR count). The summed E-state index contributed by atoms with van der Waals surface area (Å²) in [4.78, 5) is 49.6. The molecular formula is C13H21N3O8. The fourth-order valence-corrected chi connectivity index (χ4v) is 0.273. The Labute approximate surface area is 139 Å². The monoisotopic (exact) mass is 347 g/mol. The van der Waals surface area contributed by atoms with Crippen molar-refractivity contribution in [1.82, 2.24) is 0 Å². The van der Waals surface area contributed by atoms with Crippen LogP contribution in [0.4, 0.5) is 0 Å². The molecule has 11 heteroatoms. The molecule has 0 bridgehead atoms. The first-order valence-electron chi connectivity index (χ1n) is 6.35. The number of carboxylic acid groups (broad SMARTS) is 1. The molecule has 0 fully saturated rings. The molecule has 1 N–H and O–H groups in total. The third-order valence-corrected chi connectivity index (χ3v) is 1.06. The van der Waals surface area contributed by atoms with Crippen LogP contribution in [0.3, 0.4) is 0 Å². The van der Waals surface area contributed by atoms with Crippen molar-refractivity contribution in [2.24, 2.45) is 15.5 Å². The van der Waals surface area contributed by atoms with Gasteiger partial charge in [0.15, 0.2) is 0 Å². The predicted octanol–water partition coefficient (Wildman–Crippen LogP) is 1.47. The highest BCUT2D eigenvalue weighted by Gasteiger charge is 1.90. The van der Waals surface area contributed by atoms with Gasteiger partial charge in [0.25, 0.3) is 18.2 Å². The Morgan fingerprint density at radius 2 is 1.08 bits per heavy atom. The molecule has 0 saturated heterocycles. The van der Waals surface area contributed by atoms with E-state index in [9.17, 15) is 4.79 Å². The summed E-state index contributed by atoms with van der Waals surface area (Å²) in [6, 6.07) is 0. The minimum Gasteiger partial charge on any atom is -0.478 e. The molecule has 0 amide bonds. The molecule has 11 nitrogen and oxygen atoms in total. The van der Waals surface area contributed by atoms with E-state index in [0.29, 0.717) is 19.8 Å². The van der Waals surface area contributed by atoms with E-state index in [0.717, 1.165) is 0 Å². The second kappa shape index (κ2) is 31.9. The van der Waals surface area contributed by atoms with Crippen LogP contribution >= 0.6 is 0 Å². The Morgan fingerprint density at radius 1 is 0.875 bits per heavy atom. The zero-order chi connectivity index (χ0) is 19.6. The molecule has 0 aromatic heterocycles. The van der Waals surface area contributed by atoms with Crippen molar-refractivity contribution in [2.45, 2.75) is 27.7 Å². The summed E-state index contributed by atoms with van der Waals surface area (Å²) < 4.78 is 0. The lowest BCUT2D eigenvalue weighted by molar-refractivity contribution is -0.132. The topological polar surface area (TPSA) is 153 Å². The zero-order valence-corrected chi connectivity index (χ0v) is 14.0. The van der Waals surface area contributed by atoms with Gasteiger partial charge in [-0.3, -0.25) is 0 Å². The quantitative estimate of drug-likeness (QED) is 0.314. The molecule has 0 spiro atoms. The molecule has 0 atom stereocenters. The summed E-state index contributed by atoms with van der Waals surface area (Å²) in [5.74, 6) is -0.935. The number of isocyanates is 3. The highest BCUT2D eigenvalue weighted by Crippen LogP contribution is 1.81. The maximum Gasteiger partial charge on any atom is 0.330 e. The van der Waals surface area contributed by atoms with Crippen molar-refractivity contribution in [1.29, 1.82) is 0 Å². The number of hydrogen-bond acceptors (Lipinski definition) is 10. The maximum absolute atomic E-state index is 9.60. The van der Waals surface area contributed by atoms with Crippen molar-refractivity contribution in [3.05, 3.63) is 12.2 Å². The predicted molar refractivity (Wildman–Crippen MR) is 81.7 cm³/mol. The highest BCUT2D eigenvalue weighted by molar-refractivity contribution is 5.84. The summed E-state index contributed by atoms with van der Waals surface area (Å²) >= 11 is 0. The molecular weight excluding hydrogens is 326 g/mol. The van der Waals surface area contributed by atoms with Crippen molar-refractivity contribution in [3.8, 4) is 0 Å². The average molecular weight is 347 g/mol. The lowest BCUT2D eigenvalue weighted by atomic mass is 10.4. The number of nitrogens with zero attached hydrogens (tertiary/aromatic N) is 3. The number of carbonyl (C=O) groups excluding carboxylic acids is 3. The van der Waals surface area contributed by atoms with E-state index < -0.39 is 5.97 Å². The van der Waals surface area contributed by atoms with Gasteiger partial charge in [-0.05, 0) is 27.7 Å². The van der Waals surface area contributed by atoms with E-state index in [2.05, 4.69) is 36.6 Å².